The summed E-state index contributed by atoms with van der Waals surface area (Å²) < 4.78 is 36.9. The first-order chi connectivity index (χ1) is 6.47. The van der Waals surface area contributed by atoms with Gasteiger partial charge in [-0.15, -0.1) is 11.6 Å². The fourth-order valence-electron chi connectivity index (χ4n) is 1.24. The van der Waals surface area contributed by atoms with Crippen LogP contribution < -0.4 is 0 Å². The average Bonchev–Trinajstić information content (AvgIpc) is 2.45. The molecule has 2 rings (SSSR count). The van der Waals surface area contributed by atoms with Crippen molar-refractivity contribution in [2.24, 2.45) is 4.99 Å². The first-order valence-corrected chi connectivity index (χ1v) is 4.27. The largest absolute Gasteiger partial charge is 0.527 e. The van der Waals surface area contributed by atoms with Gasteiger partial charge in [-0.3, -0.25) is 4.99 Å². The van der Waals surface area contributed by atoms with Crippen molar-refractivity contribution < 1.29 is 12.9 Å². The minimum absolute atomic E-state index is 0.323. The first-order valence-electron chi connectivity index (χ1n) is 3.89. The molecule has 0 spiro atoms. The van der Waals surface area contributed by atoms with Crippen LogP contribution in [0.4, 0.5) is 12.9 Å². The van der Waals surface area contributed by atoms with Gasteiger partial charge in [0.2, 0.25) is 0 Å². The Bertz CT molecular complexity index is 392. The molecule has 0 aromatic carbocycles. The molecule has 6 heteroatoms. The molecule has 1 heterocycles. The highest BCUT2D eigenvalue weighted by Crippen LogP contribution is 2.31. The first kappa shape index (κ1) is 9.58. The van der Waals surface area contributed by atoms with Gasteiger partial charge in [0, 0.05) is 0 Å². The summed E-state index contributed by atoms with van der Waals surface area (Å²) in [7, 11) is 0. The molecule has 0 saturated carbocycles. The van der Waals surface area contributed by atoms with E-state index in [-0.39, 0.29) is 0 Å². The number of halogens is 4. The van der Waals surface area contributed by atoms with E-state index in [4.69, 9.17) is 11.6 Å². The van der Waals surface area contributed by atoms with Gasteiger partial charge in [0.25, 0.3) is 0 Å². The molecular weight excluding hydrogens is 213 g/mol. The highest BCUT2D eigenvalue weighted by atomic mass is 35.5. The Kier molecular flexibility index (Phi) is 2.07. The molecule has 0 aromatic heterocycles. The molecule has 0 amide bonds. The Hall–Kier alpha value is -0.965. The Morgan fingerprint density at radius 1 is 1.14 bits per heavy atom. The van der Waals surface area contributed by atoms with Gasteiger partial charge < -0.3 is 12.9 Å². The molecule has 0 aromatic rings. The number of allylic oxidation sites excluding steroid dienone is 5. The summed E-state index contributed by atoms with van der Waals surface area (Å²) in [6.07, 6.45) is 5.48. The minimum Gasteiger partial charge on any atom is -0.444 e. The molecule has 0 N–H and O–H groups in total. The third kappa shape index (κ3) is 1.64. The van der Waals surface area contributed by atoms with Crippen molar-refractivity contribution in [3.05, 3.63) is 40.9 Å². The van der Waals surface area contributed by atoms with Crippen LogP contribution in [0.5, 0.6) is 0 Å². The van der Waals surface area contributed by atoms with Gasteiger partial charge in [0.15, 0.2) is 0 Å². The molecule has 2 aliphatic rings. The van der Waals surface area contributed by atoms with Crippen LogP contribution in [0.2, 0.25) is 0 Å². The lowest BCUT2D eigenvalue weighted by atomic mass is 9.86. The monoisotopic (exact) mass is 217 g/mol. The van der Waals surface area contributed by atoms with Gasteiger partial charge in [0.1, 0.15) is 5.38 Å². The van der Waals surface area contributed by atoms with Crippen molar-refractivity contribution >= 4 is 24.3 Å². The van der Waals surface area contributed by atoms with Crippen molar-refractivity contribution in [3.8, 4) is 0 Å². The average molecular weight is 217 g/mol. The van der Waals surface area contributed by atoms with E-state index in [1.807, 2.05) is 0 Å². The van der Waals surface area contributed by atoms with Crippen LogP contribution in [0.3, 0.4) is 0 Å². The highest BCUT2D eigenvalue weighted by Gasteiger charge is 2.32. The molecule has 1 aliphatic carbocycles. The Balaban J connectivity index is 2.37. The van der Waals surface area contributed by atoms with Crippen molar-refractivity contribution in [1.29, 1.82) is 0 Å². The van der Waals surface area contributed by atoms with Gasteiger partial charge in [-0.25, -0.2) is 0 Å². The topological polar surface area (TPSA) is 12.4 Å². The van der Waals surface area contributed by atoms with Crippen molar-refractivity contribution in [1.82, 2.24) is 0 Å². The molecule has 0 saturated heterocycles. The third-order valence-electron chi connectivity index (χ3n) is 1.88. The number of rotatable bonds is 1. The molecule has 0 atom stereocenters. The molecule has 1 radical (unpaired) electrons. The summed E-state index contributed by atoms with van der Waals surface area (Å²) in [5, 5.41) is 0.408. The molecule has 1 aliphatic heterocycles. The van der Waals surface area contributed by atoms with Gasteiger partial charge in [0.05, 0.1) is 5.71 Å². The second-order valence-corrected chi connectivity index (χ2v) is 3.40. The lowest BCUT2D eigenvalue weighted by molar-refractivity contribution is 0.489. The van der Waals surface area contributed by atoms with E-state index < -0.39 is 12.6 Å². The van der Waals surface area contributed by atoms with Crippen LogP contribution in [0.25, 0.3) is 0 Å². The molecule has 0 unspecified atom stereocenters. The maximum absolute atomic E-state index is 12.3. The van der Waals surface area contributed by atoms with Crippen molar-refractivity contribution in [2.45, 2.75) is 0 Å². The zero-order valence-electron chi connectivity index (χ0n) is 6.85. The molecule has 1 nitrogen and oxygen atoms in total. The normalized spacial score (nSPS) is 21.6. The molecule has 73 valence electrons. The van der Waals surface area contributed by atoms with Crippen LogP contribution in [0, 0.1) is 5.38 Å². The predicted molar refractivity (Wildman–Crippen MR) is 50.9 cm³/mol. The van der Waals surface area contributed by atoms with Crippen LogP contribution in [-0.2, 0) is 0 Å². The Labute approximate surface area is 83.7 Å². The maximum Gasteiger partial charge on any atom is 0.527 e. The molecule has 0 fully saturated rings. The highest BCUT2D eigenvalue weighted by molar-refractivity contribution is 6.67. The molecule has 0 bridgehead atoms. The number of fused-ring (bicyclic) bond motifs is 1. The Morgan fingerprint density at radius 3 is 2.50 bits per heavy atom. The zero-order valence-corrected chi connectivity index (χ0v) is 7.60. The fraction of sp³-hybridized carbons (Fsp3) is 0. The smallest absolute Gasteiger partial charge is 0.444 e. The second kappa shape index (κ2) is 3.02. The van der Waals surface area contributed by atoms with Crippen LogP contribution in [0.1, 0.15) is 0 Å². The van der Waals surface area contributed by atoms with Crippen molar-refractivity contribution in [2.75, 3.05) is 0 Å². The van der Waals surface area contributed by atoms with Crippen molar-refractivity contribution in [3.63, 3.8) is 0 Å². The standard InChI is InChI=1S/C8H4BClF3N/c10-6-1-2-7-5(3-6)4-8(14-7)9(11,12)13/h1-4H/q-1. The number of hydrogen-bond donors (Lipinski definition) is 0. The minimum atomic E-state index is -5.02. The van der Waals surface area contributed by atoms with Gasteiger partial charge in [-0.1, -0.05) is 12.2 Å². The summed E-state index contributed by atoms with van der Waals surface area (Å²) in [6, 6.07) is 0. The summed E-state index contributed by atoms with van der Waals surface area (Å²) in [5.41, 5.74) is -0.0717. The summed E-state index contributed by atoms with van der Waals surface area (Å²) in [6.45, 7) is -5.02. The summed E-state index contributed by atoms with van der Waals surface area (Å²) in [5.74, 6) is 0. The van der Waals surface area contributed by atoms with E-state index in [1.54, 1.807) is 0 Å². The third-order valence-corrected chi connectivity index (χ3v) is 2.11. The molecule has 14 heavy (non-hydrogen) atoms. The van der Waals surface area contributed by atoms with E-state index in [2.05, 4.69) is 4.99 Å². The quantitative estimate of drug-likeness (QED) is 0.599. The van der Waals surface area contributed by atoms with E-state index in [0.717, 1.165) is 6.08 Å². The van der Waals surface area contributed by atoms with Crippen LogP contribution in [0.15, 0.2) is 40.5 Å². The predicted octanol–water partition coefficient (Wildman–Crippen LogP) is 2.98. The zero-order chi connectivity index (χ0) is 10.3. The van der Waals surface area contributed by atoms with Gasteiger partial charge in [-0.05, 0) is 23.3 Å². The van der Waals surface area contributed by atoms with E-state index >= 15 is 0 Å². The SMILES string of the molecule is F[B-](F)(F)C1=CC2=C[C](Cl)C=CC2=N1. The lowest BCUT2D eigenvalue weighted by Gasteiger charge is -2.11. The second-order valence-electron chi connectivity index (χ2n) is 2.96. The lowest BCUT2D eigenvalue weighted by Crippen LogP contribution is -2.16. The van der Waals surface area contributed by atoms with E-state index in [1.165, 1.54) is 18.2 Å². The Morgan fingerprint density at radius 2 is 1.86 bits per heavy atom. The summed E-state index contributed by atoms with van der Waals surface area (Å²) in [4.78, 5) is 3.47. The number of hydrogen-bond acceptors (Lipinski definition) is 1. The fourth-order valence-corrected chi connectivity index (χ4v) is 1.42. The van der Waals surface area contributed by atoms with Crippen LogP contribution in [-0.4, -0.2) is 12.7 Å². The van der Waals surface area contributed by atoms with E-state index in [0.29, 0.717) is 16.7 Å². The number of nitrogens with zero attached hydrogens (tertiary/aromatic N) is 1. The van der Waals surface area contributed by atoms with Gasteiger partial charge in [-0.2, -0.15) is 0 Å². The summed E-state index contributed by atoms with van der Waals surface area (Å²) >= 11 is 5.64. The maximum atomic E-state index is 12.3. The van der Waals surface area contributed by atoms with Gasteiger partial charge >= 0.3 is 6.98 Å². The number of aliphatic imine (C=N–C) groups is 1. The van der Waals surface area contributed by atoms with E-state index in [9.17, 15) is 12.9 Å². The van der Waals surface area contributed by atoms with Crippen LogP contribution >= 0.6 is 11.6 Å². The molecular formula is C8H4BClF3N-.